The van der Waals surface area contributed by atoms with Crippen molar-refractivity contribution in [3.8, 4) is 5.88 Å². The summed E-state index contributed by atoms with van der Waals surface area (Å²) in [6, 6.07) is 27.3. The van der Waals surface area contributed by atoms with Crippen LogP contribution in [0.15, 0.2) is 91.0 Å². The highest BCUT2D eigenvalue weighted by molar-refractivity contribution is 6.36. The van der Waals surface area contributed by atoms with Gasteiger partial charge in [-0.15, -0.1) is 0 Å². The van der Waals surface area contributed by atoms with E-state index in [1.165, 1.54) is 35.6 Å². The van der Waals surface area contributed by atoms with E-state index in [1.807, 2.05) is 24.3 Å². The van der Waals surface area contributed by atoms with Crippen molar-refractivity contribution in [2.45, 2.75) is 44.9 Å². The number of benzene rings is 5. The summed E-state index contributed by atoms with van der Waals surface area (Å²) in [7, 11) is 1.48. The maximum Gasteiger partial charge on any atom is 0.416 e. The molecule has 7 heteroatoms. The summed E-state index contributed by atoms with van der Waals surface area (Å²) in [6.45, 7) is 2.17. The van der Waals surface area contributed by atoms with Gasteiger partial charge in [0.2, 0.25) is 5.88 Å². The van der Waals surface area contributed by atoms with Crippen molar-refractivity contribution in [3.05, 3.63) is 129 Å². The van der Waals surface area contributed by atoms with Gasteiger partial charge in [0, 0.05) is 17.4 Å². The minimum Gasteiger partial charge on any atom is -0.481 e. The second-order valence-electron chi connectivity index (χ2n) is 11.2. The van der Waals surface area contributed by atoms with Crippen molar-refractivity contribution < 1.29 is 23.0 Å². The van der Waals surface area contributed by atoms with E-state index in [2.05, 4.69) is 48.3 Å². The smallest absolute Gasteiger partial charge is 0.416 e. The lowest BCUT2D eigenvalue weighted by molar-refractivity contribution is -0.137. The van der Waals surface area contributed by atoms with Crippen LogP contribution in [0.25, 0.3) is 32.4 Å². The molecule has 224 valence electrons. The average Bonchev–Trinajstić information content (AvgIpc) is 3.03. The second-order valence-corrected chi connectivity index (χ2v) is 11.5. The van der Waals surface area contributed by atoms with E-state index in [0.29, 0.717) is 38.5 Å². The molecule has 6 rings (SSSR count). The predicted octanol–water partition coefficient (Wildman–Crippen LogP) is 10.2. The number of aliphatic hydroxyl groups excluding tert-OH is 1. The Morgan fingerprint density at radius 3 is 2.25 bits per heavy atom. The fraction of sp³-hybridized carbons (Fsp3) is 0.216. The molecule has 6 aromatic rings. The Balaban J connectivity index is 1.40. The fourth-order valence-electron chi connectivity index (χ4n) is 5.85. The van der Waals surface area contributed by atoms with Gasteiger partial charge in [0.25, 0.3) is 0 Å². The highest BCUT2D eigenvalue weighted by Crippen LogP contribution is 2.38. The van der Waals surface area contributed by atoms with Crippen molar-refractivity contribution in [2.24, 2.45) is 0 Å². The van der Waals surface area contributed by atoms with E-state index in [-0.39, 0.29) is 6.42 Å². The SMILES string of the molecule is CCCCc1cc(C(O)c2ccc3nc(OC)c(Cc4ccc(C(F)(F)F)cc4)c(Cl)c3c2)cc2cc3ccccc3cc12. The third kappa shape index (κ3) is 5.84. The summed E-state index contributed by atoms with van der Waals surface area (Å²) in [6.07, 6.45) is -2.07. The molecule has 1 unspecified atom stereocenters. The van der Waals surface area contributed by atoms with E-state index < -0.39 is 17.8 Å². The number of unbranched alkanes of at least 4 members (excludes halogenated alkanes) is 1. The van der Waals surface area contributed by atoms with Crippen molar-refractivity contribution in [1.29, 1.82) is 0 Å². The van der Waals surface area contributed by atoms with E-state index >= 15 is 0 Å². The second kappa shape index (κ2) is 12.1. The zero-order valence-corrected chi connectivity index (χ0v) is 25.1. The quantitative estimate of drug-likeness (QED) is 0.174. The fourth-order valence-corrected chi connectivity index (χ4v) is 6.15. The number of aromatic nitrogens is 1. The van der Waals surface area contributed by atoms with E-state index in [9.17, 15) is 18.3 Å². The summed E-state index contributed by atoms with van der Waals surface area (Å²) in [5.41, 5.74) is 3.73. The van der Waals surface area contributed by atoms with Gasteiger partial charge in [-0.25, -0.2) is 4.98 Å². The molecule has 3 nitrogen and oxygen atoms in total. The maximum atomic E-state index is 13.1. The standard InChI is InChI=1S/C37H31ClF3NO2/c1-3-4-7-25-18-28(19-27-17-23-8-5-6-9-24(23)20-30(25)27)35(43)26-12-15-33-31(21-26)34(38)32(36(42-33)44-2)16-22-10-13-29(14-11-22)37(39,40)41/h5-6,8-15,17-21,35,43H,3-4,7,16H2,1-2H3. The molecule has 1 aromatic heterocycles. The molecule has 0 fully saturated rings. The van der Waals surface area contributed by atoms with Gasteiger partial charge in [0.1, 0.15) is 6.10 Å². The van der Waals surface area contributed by atoms with Gasteiger partial charge in [-0.1, -0.05) is 73.5 Å². The minimum atomic E-state index is -4.41. The Morgan fingerprint density at radius 1 is 0.841 bits per heavy atom. The molecule has 0 bridgehead atoms. The van der Waals surface area contributed by atoms with Crippen LogP contribution in [0.3, 0.4) is 0 Å². The number of nitrogens with zero attached hydrogens (tertiary/aromatic N) is 1. The lowest BCUT2D eigenvalue weighted by atomic mass is 9.91. The van der Waals surface area contributed by atoms with Crippen molar-refractivity contribution in [3.63, 3.8) is 0 Å². The molecule has 0 amide bonds. The van der Waals surface area contributed by atoms with Crippen LogP contribution in [0.5, 0.6) is 5.88 Å². The lowest BCUT2D eigenvalue weighted by Gasteiger charge is -2.18. The highest BCUT2D eigenvalue weighted by Gasteiger charge is 2.30. The number of halogens is 4. The first-order valence-corrected chi connectivity index (χ1v) is 15.0. The van der Waals surface area contributed by atoms with Crippen LogP contribution in [0.4, 0.5) is 13.2 Å². The van der Waals surface area contributed by atoms with Gasteiger partial charge in [-0.05, 0) is 99.1 Å². The summed E-state index contributed by atoms with van der Waals surface area (Å²) in [5.74, 6) is 0.304. The van der Waals surface area contributed by atoms with Crippen LogP contribution in [0, 0.1) is 0 Å². The zero-order chi connectivity index (χ0) is 31.0. The predicted molar refractivity (Wildman–Crippen MR) is 172 cm³/mol. The summed E-state index contributed by atoms with van der Waals surface area (Å²) >= 11 is 6.94. The minimum absolute atomic E-state index is 0.231. The summed E-state index contributed by atoms with van der Waals surface area (Å²) in [5, 5.41) is 17.3. The molecule has 0 radical (unpaired) electrons. The summed E-state index contributed by atoms with van der Waals surface area (Å²) in [4.78, 5) is 4.63. The Kier molecular flexibility index (Phi) is 8.23. The molecule has 1 N–H and O–H groups in total. The van der Waals surface area contributed by atoms with Crippen LogP contribution < -0.4 is 4.74 Å². The third-order valence-corrected chi connectivity index (χ3v) is 8.65. The molecule has 1 heterocycles. The molecule has 0 aliphatic rings. The van der Waals surface area contributed by atoms with Gasteiger partial charge in [-0.3, -0.25) is 0 Å². The van der Waals surface area contributed by atoms with Crippen LogP contribution in [-0.2, 0) is 19.0 Å². The van der Waals surface area contributed by atoms with Crippen LogP contribution in [0.2, 0.25) is 5.02 Å². The number of aryl methyl sites for hydroxylation is 1. The molecule has 44 heavy (non-hydrogen) atoms. The number of hydrogen-bond acceptors (Lipinski definition) is 3. The largest absolute Gasteiger partial charge is 0.481 e. The first-order valence-electron chi connectivity index (χ1n) is 14.6. The Morgan fingerprint density at radius 2 is 1.57 bits per heavy atom. The Hall–Kier alpha value is -4.13. The number of methoxy groups -OCH3 is 1. The van der Waals surface area contributed by atoms with Crippen LogP contribution in [0.1, 0.15) is 59.3 Å². The van der Waals surface area contributed by atoms with E-state index in [1.54, 1.807) is 6.07 Å². The molecule has 0 spiro atoms. The van der Waals surface area contributed by atoms with Crippen molar-refractivity contribution in [1.82, 2.24) is 4.98 Å². The number of pyridine rings is 1. The van der Waals surface area contributed by atoms with Crippen LogP contribution >= 0.6 is 11.6 Å². The molecular weight excluding hydrogens is 583 g/mol. The Labute approximate surface area is 258 Å². The maximum absolute atomic E-state index is 13.1. The van der Waals surface area contributed by atoms with Crippen molar-refractivity contribution >= 4 is 44.0 Å². The normalized spacial score (nSPS) is 12.7. The molecular formula is C37H31ClF3NO2. The first-order chi connectivity index (χ1) is 21.2. The lowest BCUT2D eigenvalue weighted by Crippen LogP contribution is -2.05. The van der Waals surface area contributed by atoms with E-state index in [4.69, 9.17) is 16.3 Å². The number of rotatable bonds is 8. The molecule has 0 saturated carbocycles. The molecule has 1 atom stereocenters. The zero-order valence-electron chi connectivity index (χ0n) is 24.4. The third-order valence-electron chi connectivity index (χ3n) is 8.22. The number of alkyl halides is 3. The molecule has 0 aliphatic carbocycles. The van der Waals surface area contributed by atoms with Crippen molar-refractivity contribution in [2.75, 3.05) is 7.11 Å². The number of ether oxygens (including phenoxy) is 1. The first kappa shape index (κ1) is 29.9. The topological polar surface area (TPSA) is 42.4 Å². The monoisotopic (exact) mass is 613 g/mol. The number of fused-ring (bicyclic) bond motifs is 3. The van der Waals surface area contributed by atoms with Gasteiger partial charge < -0.3 is 9.84 Å². The molecule has 5 aromatic carbocycles. The number of aliphatic hydroxyl groups is 1. The van der Waals surface area contributed by atoms with Gasteiger partial charge in [-0.2, -0.15) is 13.2 Å². The van der Waals surface area contributed by atoms with Crippen LogP contribution in [-0.4, -0.2) is 17.2 Å². The van der Waals surface area contributed by atoms with E-state index in [0.717, 1.165) is 47.7 Å². The average molecular weight is 614 g/mol. The summed E-state index contributed by atoms with van der Waals surface area (Å²) < 4.78 is 44.7. The molecule has 0 saturated heterocycles. The van der Waals surface area contributed by atoms with Gasteiger partial charge in [0.05, 0.1) is 23.2 Å². The highest BCUT2D eigenvalue weighted by atomic mass is 35.5. The van der Waals surface area contributed by atoms with Gasteiger partial charge in [0.15, 0.2) is 0 Å². The van der Waals surface area contributed by atoms with Gasteiger partial charge >= 0.3 is 6.18 Å². The Bertz CT molecular complexity index is 1990. The molecule has 0 aliphatic heterocycles. The number of hydrogen-bond donors (Lipinski definition) is 1.